The number of unbranched alkanes of at least 4 members (excludes halogenated alkanes) is 3. The number of aliphatic imine (C=N–C) groups is 1. The van der Waals surface area contributed by atoms with Crippen LogP contribution in [0.15, 0.2) is 17.3 Å². The minimum atomic E-state index is 0.516. The van der Waals surface area contributed by atoms with Gasteiger partial charge in [-0.25, -0.2) is 4.99 Å². The first kappa shape index (κ1) is 13.5. The van der Waals surface area contributed by atoms with E-state index >= 15 is 0 Å². The van der Waals surface area contributed by atoms with Gasteiger partial charge < -0.3 is 11.1 Å². The van der Waals surface area contributed by atoms with Gasteiger partial charge in [-0.15, -0.1) is 0 Å². The number of nitrogens with one attached hydrogen (secondary N) is 1. The number of hydrogen-bond donors (Lipinski definition) is 2. The summed E-state index contributed by atoms with van der Waals surface area (Å²) < 4.78 is 1.80. The standard InChI is InChI=1S/C12H23N5/c1-3-4-5-6-8-14-12(13)15-10-11-7-9-16-17(11)2/h7,9H,3-6,8,10H2,1-2H3,(H3,13,14,15). The maximum Gasteiger partial charge on any atom is 0.188 e. The molecule has 0 aliphatic heterocycles. The van der Waals surface area contributed by atoms with Crippen LogP contribution in [0.5, 0.6) is 0 Å². The molecule has 3 N–H and O–H groups in total. The van der Waals surface area contributed by atoms with Gasteiger partial charge in [0.05, 0.1) is 12.2 Å². The lowest BCUT2D eigenvalue weighted by Crippen LogP contribution is -2.32. The van der Waals surface area contributed by atoms with Crippen molar-refractivity contribution in [2.45, 2.75) is 39.2 Å². The Morgan fingerprint density at radius 3 is 2.94 bits per heavy atom. The summed E-state index contributed by atoms with van der Waals surface area (Å²) >= 11 is 0. The van der Waals surface area contributed by atoms with Crippen molar-refractivity contribution in [3.8, 4) is 0 Å². The number of guanidine groups is 1. The number of hydrogen-bond acceptors (Lipinski definition) is 2. The summed E-state index contributed by atoms with van der Waals surface area (Å²) in [7, 11) is 1.90. The average molecular weight is 237 g/mol. The first-order valence-corrected chi connectivity index (χ1v) is 6.24. The third-order valence-corrected chi connectivity index (χ3v) is 2.67. The van der Waals surface area contributed by atoms with E-state index in [0.717, 1.165) is 18.7 Å². The second-order valence-corrected chi connectivity index (χ2v) is 4.14. The highest BCUT2D eigenvalue weighted by molar-refractivity contribution is 5.77. The van der Waals surface area contributed by atoms with E-state index in [2.05, 4.69) is 22.3 Å². The molecule has 96 valence electrons. The van der Waals surface area contributed by atoms with E-state index in [1.165, 1.54) is 19.3 Å². The molecule has 5 nitrogen and oxygen atoms in total. The lowest BCUT2D eigenvalue weighted by Gasteiger charge is -2.05. The summed E-state index contributed by atoms with van der Waals surface area (Å²) in [5, 5.41) is 7.20. The minimum absolute atomic E-state index is 0.516. The number of nitrogens with two attached hydrogens (primary N) is 1. The maximum absolute atomic E-state index is 5.76. The quantitative estimate of drug-likeness (QED) is 0.428. The second-order valence-electron chi connectivity index (χ2n) is 4.14. The molecule has 0 aromatic carbocycles. The fourth-order valence-corrected chi connectivity index (χ4v) is 1.55. The number of aryl methyl sites for hydroxylation is 1. The van der Waals surface area contributed by atoms with Crippen LogP contribution >= 0.6 is 0 Å². The molecule has 1 heterocycles. The summed E-state index contributed by atoms with van der Waals surface area (Å²) in [5.41, 5.74) is 6.82. The van der Waals surface area contributed by atoms with E-state index in [9.17, 15) is 0 Å². The van der Waals surface area contributed by atoms with Gasteiger partial charge >= 0.3 is 0 Å². The molecule has 0 fully saturated rings. The Morgan fingerprint density at radius 1 is 1.47 bits per heavy atom. The lowest BCUT2D eigenvalue weighted by molar-refractivity contribution is 0.651. The van der Waals surface area contributed by atoms with Gasteiger partial charge in [0.25, 0.3) is 0 Å². The second kappa shape index (κ2) is 7.70. The van der Waals surface area contributed by atoms with Gasteiger partial charge in [0.1, 0.15) is 0 Å². The van der Waals surface area contributed by atoms with Gasteiger partial charge in [0.2, 0.25) is 0 Å². The molecule has 0 aliphatic rings. The van der Waals surface area contributed by atoms with Crippen molar-refractivity contribution < 1.29 is 0 Å². The third-order valence-electron chi connectivity index (χ3n) is 2.67. The number of rotatable bonds is 7. The molecule has 0 bridgehead atoms. The third kappa shape index (κ3) is 5.38. The van der Waals surface area contributed by atoms with Crippen LogP contribution in [0.3, 0.4) is 0 Å². The fourth-order valence-electron chi connectivity index (χ4n) is 1.55. The molecule has 1 aromatic heterocycles. The van der Waals surface area contributed by atoms with E-state index in [1.54, 1.807) is 10.9 Å². The molecule has 17 heavy (non-hydrogen) atoms. The Hall–Kier alpha value is -1.52. The molecule has 0 atom stereocenters. The molecule has 5 heteroatoms. The van der Waals surface area contributed by atoms with Crippen molar-refractivity contribution in [3.63, 3.8) is 0 Å². The molecule has 0 aliphatic carbocycles. The Kier molecular flexibility index (Phi) is 6.14. The van der Waals surface area contributed by atoms with Crippen molar-refractivity contribution in [1.29, 1.82) is 0 Å². The van der Waals surface area contributed by atoms with Crippen LogP contribution < -0.4 is 11.1 Å². The zero-order valence-corrected chi connectivity index (χ0v) is 10.8. The van der Waals surface area contributed by atoms with Crippen LogP contribution in [-0.4, -0.2) is 22.3 Å². The molecular weight excluding hydrogens is 214 g/mol. The smallest absolute Gasteiger partial charge is 0.188 e. The van der Waals surface area contributed by atoms with E-state index in [4.69, 9.17) is 5.73 Å². The van der Waals surface area contributed by atoms with Gasteiger partial charge in [0, 0.05) is 19.8 Å². The predicted molar refractivity (Wildman–Crippen MR) is 70.7 cm³/mol. The van der Waals surface area contributed by atoms with Crippen molar-refractivity contribution in [1.82, 2.24) is 15.1 Å². The first-order chi connectivity index (χ1) is 8.24. The van der Waals surface area contributed by atoms with Crippen LogP contribution in [0, 0.1) is 0 Å². The molecule has 0 spiro atoms. The summed E-state index contributed by atoms with van der Waals surface area (Å²) in [6, 6.07) is 1.94. The van der Waals surface area contributed by atoms with Crippen LogP contribution in [0.2, 0.25) is 0 Å². The van der Waals surface area contributed by atoms with Gasteiger partial charge in [-0.2, -0.15) is 5.10 Å². The SMILES string of the molecule is CCCCCCNC(N)=NCc1ccnn1C. The Labute approximate surface area is 103 Å². The monoisotopic (exact) mass is 237 g/mol. The van der Waals surface area contributed by atoms with Crippen molar-refractivity contribution in [3.05, 3.63) is 18.0 Å². The largest absolute Gasteiger partial charge is 0.370 e. The Balaban J connectivity index is 2.19. The normalized spacial score (nSPS) is 11.8. The number of nitrogens with zero attached hydrogens (tertiary/aromatic N) is 3. The zero-order chi connectivity index (χ0) is 12.5. The van der Waals surface area contributed by atoms with Gasteiger partial charge in [0.15, 0.2) is 5.96 Å². The van der Waals surface area contributed by atoms with E-state index in [-0.39, 0.29) is 0 Å². The summed E-state index contributed by atoms with van der Waals surface area (Å²) in [4.78, 5) is 4.27. The molecular formula is C12H23N5. The van der Waals surface area contributed by atoms with E-state index in [1.807, 2.05) is 13.1 Å². The maximum atomic E-state index is 5.76. The highest BCUT2D eigenvalue weighted by Crippen LogP contribution is 1.98. The zero-order valence-electron chi connectivity index (χ0n) is 10.8. The van der Waals surface area contributed by atoms with E-state index in [0.29, 0.717) is 12.5 Å². The molecule has 0 saturated heterocycles. The molecule has 1 aromatic rings. The topological polar surface area (TPSA) is 68.2 Å². The molecule has 0 amide bonds. The molecule has 1 rings (SSSR count). The first-order valence-electron chi connectivity index (χ1n) is 6.24. The van der Waals surface area contributed by atoms with Crippen molar-refractivity contribution >= 4 is 5.96 Å². The van der Waals surface area contributed by atoms with E-state index < -0.39 is 0 Å². The highest BCUT2D eigenvalue weighted by Gasteiger charge is 1.97. The fraction of sp³-hybridized carbons (Fsp3) is 0.667. The Bertz CT molecular complexity index is 342. The minimum Gasteiger partial charge on any atom is -0.370 e. The van der Waals surface area contributed by atoms with Crippen molar-refractivity contribution in [2.24, 2.45) is 17.8 Å². The number of aromatic nitrogens is 2. The van der Waals surface area contributed by atoms with Crippen LogP contribution in [0.25, 0.3) is 0 Å². The summed E-state index contributed by atoms with van der Waals surface area (Å²) in [5.74, 6) is 0.516. The van der Waals surface area contributed by atoms with Gasteiger partial charge in [-0.3, -0.25) is 4.68 Å². The van der Waals surface area contributed by atoms with Crippen LogP contribution in [0.1, 0.15) is 38.3 Å². The Morgan fingerprint density at radius 2 is 2.29 bits per heavy atom. The van der Waals surface area contributed by atoms with Crippen LogP contribution in [-0.2, 0) is 13.6 Å². The summed E-state index contributed by atoms with van der Waals surface area (Å²) in [6.07, 6.45) is 6.70. The molecule has 0 radical (unpaired) electrons. The molecule has 0 unspecified atom stereocenters. The highest BCUT2D eigenvalue weighted by atomic mass is 15.3. The summed E-state index contributed by atoms with van der Waals surface area (Å²) in [6.45, 7) is 3.68. The molecule has 0 saturated carbocycles. The van der Waals surface area contributed by atoms with Crippen LogP contribution in [0.4, 0.5) is 0 Å². The van der Waals surface area contributed by atoms with Gasteiger partial charge in [-0.1, -0.05) is 26.2 Å². The lowest BCUT2D eigenvalue weighted by atomic mass is 10.2. The predicted octanol–water partition coefficient (Wildman–Crippen LogP) is 1.40. The van der Waals surface area contributed by atoms with Gasteiger partial charge in [-0.05, 0) is 12.5 Å². The van der Waals surface area contributed by atoms with Crippen molar-refractivity contribution in [2.75, 3.05) is 6.54 Å². The average Bonchev–Trinajstić information content (AvgIpc) is 2.72.